The predicted molar refractivity (Wildman–Crippen MR) is 219 cm³/mol. The maximum absolute atomic E-state index is 7.13. The Morgan fingerprint density at radius 3 is 1.23 bits per heavy atom. The molecule has 0 unspecified atom stereocenters. The summed E-state index contributed by atoms with van der Waals surface area (Å²) < 4.78 is 14.3. The maximum Gasteiger partial charge on any atom is 0.144 e. The van der Waals surface area contributed by atoms with E-state index in [1.54, 1.807) is 0 Å². The minimum Gasteiger partial charge on any atom is -0.455 e. The zero-order valence-corrected chi connectivity index (χ0v) is 29.3. The molecule has 2 aliphatic heterocycles. The van der Waals surface area contributed by atoms with Gasteiger partial charge >= 0.3 is 0 Å². The van der Waals surface area contributed by atoms with Crippen LogP contribution in [0.25, 0.3) is 87.7 Å². The van der Waals surface area contributed by atoms with Crippen molar-refractivity contribution in [2.75, 3.05) is 36.0 Å². The highest BCUT2D eigenvalue weighted by atomic mass is 16.3. The molecular weight excluding hydrogens is 637 g/mol. The van der Waals surface area contributed by atoms with Crippen LogP contribution in [0.1, 0.15) is 38.5 Å². The number of hydrogen-bond donors (Lipinski definition) is 0. The molecule has 0 spiro atoms. The van der Waals surface area contributed by atoms with Crippen LogP contribution in [0, 0.1) is 0 Å². The Kier molecular flexibility index (Phi) is 6.86. The molecule has 52 heavy (non-hydrogen) atoms. The fraction of sp³-hybridized carbons (Fsp3) is 0.208. The lowest BCUT2D eigenvalue weighted by Gasteiger charge is -2.29. The molecule has 254 valence electrons. The van der Waals surface area contributed by atoms with Crippen LogP contribution in [0.15, 0.2) is 130 Å². The van der Waals surface area contributed by atoms with Crippen molar-refractivity contribution in [3.8, 4) is 22.3 Å². The van der Waals surface area contributed by atoms with Crippen molar-refractivity contribution in [1.29, 1.82) is 0 Å². The van der Waals surface area contributed by atoms with Crippen LogP contribution >= 0.6 is 0 Å². The lowest BCUT2D eigenvalue weighted by Crippen LogP contribution is -2.29. The quantitative estimate of drug-likeness (QED) is 0.186. The summed E-state index contributed by atoms with van der Waals surface area (Å²) in [6.45, 7) is 4.50. The normalized spacial score (nSPS) is 15.6. The summed E-state index contributed by atoms with van der Waals surface area (Å²) in [4.78, 5) is 5.06. The summed E-state index contributed by atoms with van der Waals surface area (Å²) in [6.07, 6.45) is 7.69. The minimum atomic E-state index is 0.903. The molecule has 0 amide bonds. The van der Waals surface area contributed by atoms with Crippen molar-refractivity contribution in [3.63, 3.8) is 0 Å². The van der Waals surface area contributed by atoms with Gasteiger partial charge in [0.15, 0.2) is 0 Å². The lowest BCUT2D eigenvalue weighted by atomic mass is 9.90. The van der Waals surface area contributed by atoms with Crippen molar-refractivity contribution in [3.05, 3.63) is 121 Å². The van der Waals surface area contributed by atoms with E-state index in [4.69, 9.17) is 8.83 Å². The smallest absolute Gasteiger partial charge is 0.144 e. The molecule has 11 rings (SSSR count). The van der Waals surface area contributed by atoms with Crippen LogP contribution in [0.5, 0.6) is 0 Å². The highest BCUT2D eigenvalue weighted by molar-refractivity contribution is 6.31. The van der Waals surface area contributed by atoms with Crippen LogP contribution in [-0.4, -0.2) is 26.2 Å². The van der Waals surface area contributed by atoms with Gasteiger partial charge in [0.05, 0.1) is 0 Å². The van der Waals surface area contributed by atoms with E-state index in [2.05, 4.69) is 131 Å². The van der Waals surface area contributed by atoms with E-state index < -0.39 is 0 Å². The summed E-state index contributed by atoms with van der Waals surface area (Å²) in [5.41, 5.74) is 10.6. The van der Waals surface area contributed by atoms with Crippen LogP contribution in [0.2, 0.25) is 0 Å². The van der Waals surface area contributed by atoms with Crippen molar-refractivity contribution in [2.24, 2.45) is 0 Å². The molecule has 2 aliphatic rings. The molecule has 0 saturated carbocycles. The lowest BCUT2D eigenvalue weighted by molar-refractivity contribution is 0.578. The average molecular weight is 677 g/mol. The summed E-state index contributed by atoms with van der Waals surface area (Å²) in [6, 6.07) is 44.6. The standard InChI is InChI=1S/C48H40N2O2/c1-5-13-31(14-6-1)43-45-39-27-33-17-19-37(49-21-9-3-10-22-49)25-35(33)29-41(39)52-48(45)44(32-15-7-2-8-16-32)46-40-28-34-18-20-38(50-23-11-4-12-24-50)26-36(34)30-42(40)51-47(43)46/h1-2,5-8,13-20,25-30H,3-4,9-12,21-24H2. The number of anilines is 2. The molecule has 4 heterocycles. The summed E-state index contributed by atoms with van der Waals surface area (Å²) >= 11 is 0. The summed E-state index contributed by atoms with van der Waals surface area (Å²) in [5.74, 6) is 0. The zero-order valence-electron chi connectivity index (χ0n) is 29.3. The first-order valence-corrected chi connectivity index (χ1v) is 19.1. The fourth-order valence-electron chi connectivity index (χ4n) is 9.19. The number of hydrogen-bond acceptors (Lipinski definition) is 4. The van der Waals surface area contributed by atoms with Gasteiger partial charge in [-0.15, -0.1) is 0 Å². The first-order valence-electron chi connectivity index (χ1n) is 19.1. The topological polar surface area (TPSA) is 32.8 Å². The molecule has 0 bridgehead atoms. The first kappa shape index (κ1) is 29.9. The largest absolute Gasteiger partial charge is 0.455 e. The van der Waals surface area contributed by atoms with Crippen molar-refractivity contribution in [2.45, 2.75) is 38.5 Å². The Labute approximate surface area is 302 Å². The Morgan fingerprint density at radius 2 is 0.808 bits per heavy atom. The first-order chi connectivity index (χ1) is 25.8. The van der Waals surface area contributed by atoms with E-state index in [9.17, 15) is 0 Å². The molecule has 2 saturated heterocycles. The van der Waals surface area contributed by atoms with Gasteiger partial charge < -0.3 is 18.6 Å². The van der Waals surface area contributed by atoms with Gasteiger partial charge in [0, 0.05) is 70.2 Å². The highest BCUT2D eigenvalue weighted by Crippen LogP contribution is 2.51. The Bertz CT molecular complexity index is 2610. The molecule has 2 fully saturated rings. The van der Waals surface area contributed by atoms with Gasteiger partial charge in [0.25, 0.3) is 0 Å². The Balaban J connectivity index is 1.23. The predicted octanol–water partition coefficient (Wildman–Crippen LogP) is 13.1. The number of furan rings is 2. The fourth-order valence-corrected chi connectivity index (χ4v) is 9.19. The third kappa shape index (κ3) is 4.74. The molecule has 0 aliphatic carbocycles. The van der Waals surface area contributed by atoms with E-state index in [0.717, 1.165) is 92.3 Å². The number of rotatable bonds is 4. The van der Waals surface area contributed by atoms with Gasteiger partial charge in [-0.25, -0.2) is 0 Å². The maximum atomic E-state index is 7.13. The molecule has 9 aromatic rings. The molecule has 0 N–H and O–H groups in total. The molecule has 0 radical (unpaired) electrons. The average Bonchev–Trinajstić information content (AvgIpc) is 3.76. The monoisotopic (exact) mass is 676 g/mol. The molecule has 7 aromatic carbocycles. The number of piperidine rings is 2. The van der Waals surface area contributed by atoms with Gasteiger partial charge in [-0.05, 0) is 120 Å². The minimum absolute atomic E-state index is 0.903. The number of benzene rings is 7. The Morgan fingerprint density at radius 1 is 0.385 bits per heavy atom. The van der Waals surface area contributed by atoms with Gasteiger partial charge in [0.1, 0.15) is 22.3 Å². The van der Waals surface area contributed by atoms with Crippen LogP contribution in [0.4, 0.5) is 11.4 Å². The summed E-state index contributed by atoms with van der Waals surface area (Å²) in [5, 5.41) is 9.29. The molecule has 4 heteroatoms. The molecule has 0 atom stereocenters. The van der Waals surface area contributed by atoms with Crippen molar-refractivity contribution < 1.29 is 8.83 Å². The highest BCUT2D eigenvalue weighted by Gasteiger charge is 2.27. The van der Waals surface area contributed by atoms with Gasteiger partial charge in [0.2, 0.25) is 0 Å². The molecule has 2 aromatic heterocycles. The van der Waals surface area contributed by atoms with E-state index in [1.165, 1.54) is 71.4 Å². The third-order valence-corrected chi connectivity index (χ3v) is 11.8. The van der Waals surface area contributed by atoms with Crippen LogP contribution in [0.3, 0.4) is 0 Å². The second-order valence-corrected chi connectivity index (χ2v) is 14.9. The van der Waals surface area contributed by atoms with E-state index in [-0.39, 0.29) is 0 Å². The third-order valence-electron chi connectivity index (χ3n) is 11.8. The van der Waals surface area contributed by atoms with E-state index >= 15 is 0 Å². The second-order valence-electron chi connectivity index (χ2n) is 14.9. The molecular formula is C48H40N2O2. The summed E-state index contributed by atoms with van der Waals surface area (Å²) in [7, 11) is 0. The van der Waals surface area contributed by atoms with Crippen molar-refractivity contribution >= 4 is 76.8 Å². The van der Waals surface area contributed by atoms with Crippen molar-refractivity contribution in [1.82, 2.24) is 0 Å². The van der Waals surface area contributed by atoms with Gasteiger partial charge in [-0.3, -0.25) is 0 Å². The van der Waals surface area contributed by atoms with E-state index in [1.807, 2.05) is 0 Å². The van der Waals surface area contributed by atoms with Crippen LogP contribution in [-0.2, 0) is 0 Å². The van der Waals surface area contributed by atoms with Gasteiger partial charge in [-0.1, -0.05) is 72.8 Å². The number of nitrogens with zero attached hydrogens (tertiary/aromatic N) is 2. The van der Waals surface area contributed by atoms with Gasteiger partial charge in [-0.2, -0.15) is 0 Å². The number of fused-ring (bicyclic) bond motifs is 8. The van der Waals surface area contributed by atoms with E-state index in [0.29, 0.717) is 0 Å². The SMILES string of the molecule is c1ccc(-c2c3oc4cc5cc(N6CCCCC6)ccc5cc4c3c(-c3ccccc3)c3oc4cc5cc(N6CCCCC6)ccc5cc4c23)cc1. The zero-order chi connectivity index (χ0) is 34.2. The second kappa shape index (κ2) is 11.9. The molecule has 4 nitrogen and oxygen atoms in total. The van der Waals surface area contributed by atoms with Crippen LogP contribution < -0.4 is 9.80 Å². The Hall–Kier alpha value is -5.74.